The third kappa shape index (κ3) is 2.49. The van der Waals surface area contributed by atoms with Gasteiger partial charge in [0.15, 0.2) is 0 Å². The summed E-state index contributed by atoms with van der Waals surface area (Å²) in [4.78, 5) is 0. The Bertz CT molecular complexity index is 857. The molecule has 2 atom stereocenters. The molecule has 0 saturated carbocycles. The summed E-state index contributed by atoms with van der Waals surface area (Å²) in [5.41, 5.74) is 5.95. The minimum atomic E-state index is -0.405. The monoisotopic (exact) mass is 343 g/mol. The largest absolute Gasteiger partial charge is 0.396 e. The van der Waals surface area contributed by atoms with Crippen LogP contribution in [-0.2, 0) is 5.54 Å². The smallest absolute Gasteiger partial charge is 0.0962 e. The summed E-state index contributed by atoms with van der Waals surface area (Å²) < 4.78 is 0. The highest BCUT2D eigenvalue weighted by molar-refractivity contribution is 5.83. The van der Waals surface area contributed by atoms with Crippen LogP contribution in [0.25, 0.3) is 11.1 Å². The van der Waals surface area contributed by atoms with Gasteiger partial charge in [0.1, 0.15) is 0 Å². The third-order valence-corrected chi connectivity index (χ3v) is 5.74. The zero-order chi connectivity index (χ0) is 18.1. The van der Waals surface area contributed by atoms with Crippen molar-refractivity contribution in [3.63, 3.8) is 0 Å². The van der Waals surface area contributed by atoms with Gasteiger partial charge in [-0.05, 0) is 40.7 Å². The zero-order valence-electron chi connectivity index (χ0n) is 15.3. The minimum absolute atomic E-state index is 0.152. The van der Waals surface area contributed by atoms with Crippen LogP contribution in [0.2, 0.25) is 0 Å². The Morgan fingerprint density at radius 3 is 1.81 bits per heavy atom. The summed E-state index contributed by atoms with van der Waals surface area (Å²) in [5, 5.41) is 13.6. The second-order valence-electron chi connectivity index (χ2n) is 7.30. The van der Waals surface area contributed by atoms with Gasteiger partial charge in [0.05, 0.1) is 5.54 Å². The molecule has 0 spiro atoms. The van der Waals surface area contributed by atoms with Gasteiger partial charge in [0.2, 0.25) is 0 Å². The van der Waals surface area contributed by atoms with Crippen molar-refractivity contribution in [1.29, 1.82) is 0 Å². The van der Waals surface area contributed by atoms with Gasteiger partial charge in [-0.25, -0.2) is 0 Å². The maximum atomic E-state index is 9.68. The number of aliphatic hydroxyl groups is 1. The molecule has 26 heavy (non-hydrogen) atoms. The fourth-order valence-electron chi connectivity index (χ4n) is 4.11. The standard InChI is InChI=1S/C24H25NO/c1-17(16-26)18(2)25-24(19-10-4-3-5-11-19)22-14-8-6-12-20(22)21-13-7-9-15-23(21)24/h3-15,17-18,25-26H,16H2,1-2H3. The molecule has 0 amide bonds. The van der Waals surface area contributed by atoms with E-state index < -0.39 is 5.54 Å². The lowest BCUT2D eigenvalue weighted by Gasteiger charge is -2.38. The van der Waals surface area contributed by atoms with Crippen molar-refractivity contribution < 1.29 is 5.11 Å². The quantitative estimate of drug-likeness (QED) is 0.711. The van der Waals surface area contributed by atoms with Crippen LogP contribution in [0.4, 0.5) is 0 Å². The minimum Gasteiger partial charge on any atom is -0.396 e. The van der Waals surface area contributed by atoms with E-state index >= 15 is 0 Å². The average molecular weight is 343 g/mol. The van der Waals surface area contributed by atoms with Gasteiger partial charge >= 0.3 is 0 Å². The van der Waals surface area contributed by atoms with Crippen molar-refractivity contribution in [3.05, 3.63) is 95.6 Å². The predicted molar refractivity (Wildman–Crippen MR) is 107 cm³/mol. The lowest BCUT2D eigenvalue weighted by Crippen LogP contribution is -2.50. The number of hydrogen-bond acceptors (Lipinski definition) is 2. The number of rotatable bonds is 5. The van der Waals surface area contributed by atoms with Crippen molar-refractivity contribution in [2.24, 2.45) is 5.92 Å². The van der Waals surface area contributed by atoms with Crippen molar-refractivity contribution >= 4 is 0 Å². The van der Waals surface area contributed by atoms with E-state index in [1.807, 2.05) is 0 Å². The van der Waals surface area contributed by atoms with E-state index in [-0.39, 0.29) is 18.6 Å². The maximum Gasteiger partial charge on any atom is 0.0962 e. The summed E-state index contributed by atoms with van der Waals surface area (Å²) in [6.07, 6.45) is 0. The number of benzene rings is 3. The Morgan fingerprint density at radius 1 is 0.769 bits per heavy atom. The van der Waals surface area contributed by atoms with Gasteiger partial charge in [0, 0.05) is 12.6 Å². The first-order chi connectivity index (χ1) is 12.7. The van der Waals surface area contributed by atoms with Crippen LogP contribution < -0.4 is 5.32 Å². The molecule has 0 fully saturated rings. The second kappa shape index (κ2) is 6.71. The molecule has 0 bridgehead atoms. The highest BCUT2D eigenvalue weighted by atomic mass is 16.3. The third-order valence-electron chi connectivity index (χ3n) is 5.74. The number of fused-ring (bicyclic) bond motifs is 3. The van der Waals surface area contributed by atoms with E-state index in [1.165, 1.54) is 27.8 Å². The molecule has 2 unspecified atom stereocenters. The normalized spacial score (nSPS) is 16.6. The molecule has 1 aliphatic carbocycles. The first-order valence-electron chi connectivity index (χ1n) is 9.32. The number of nitrogens with one attached hydrogen (secondary N) is 1. The van der Waals surface area contributed by atoms with Crippen LogP contribution in [0, 0.1) is 5.92 Å². The van der Waals surface area contributed by atoms with Gasteiger partial charge < -0.3 is 5.11 Å². The van der Waals surface area contributed by atoms with Crippen LogP contribution in [0.3, 0.4) is 0 Å². The highest BCUT2D eigenvalue weighted by Gasteiger charge is 2.45. The summed E-state index contributed by atoms with van der Waals surface area (Å²) in [6, 6.07) is 28.1. The number of hydrogen-bond donors (Lipinski definition) is 2. The molecule has 0 aliphatic heterocycles. The fraction of sp³-hybridized carbons (Fsp3) is 0.250. The molecule has 0 radical (unpaired) electrons. The van der Waals surface area contributed by atoms with Crippen molar-refractivity contribution in [2.75, 3.05) is 6.61 Å². The fourth-order valence-corrected chi connectivity index (χ4v) is 4.11. The second-order valence-corrected chi connectivity index (χ2v) is 7.30. The Morgan fingerprint density at radius 2 is 1.27 bits per heavy atom. The maximum absolute atomic E-state index is 9.68. The Kier molecular flexibility index (Phi) is 4.39. The molecule has 0 saturated heterocycles. The van der Waals surface area contributed by atoms with Crippen LogP contribution in [0.1, 0.15) is 30.5 Å². The van der Waals surface area contributed by atoms with Crippen molar-refractivity contribution in [3.8, 4) is 11.1 Å². The van der Waals surface area contributed by atoms with Gasteiger partial charge in [-0.2, -0.15) is 0 Å². The molecule has 4 rings (SSSR count). The molecular formula is C24H25NO. The lowest BCUT2D eigenvalue weighted by atomic mass is 9.79. The molecule has 0 aromatic heterocycles. The van der Waals surface area contributed by atoms with E-state index in [4.69, 9.17) is 0 Å². The number of aliphatic hydroxyl groups excluding tert-OH is 1. The van der Waals surface area contributed by atoms with E-state index in [2.05, 4.69) is 98.0 Å². The average Bonchev–Trinajstić information content (AvgIpc) is 2.99. The van der Waals surface area contributed by atoms with Crippen molar-refractivity contribution in [1.82, 2.24) is 5.32 Å². The SMILES string of the molecule is CC(CO)C(C)NC1(c2ccccc2)c2ccccc2-c2ccccc21. The Labute approximate surface area is 155 Å². The van der Waals surface area contributed by atoms with Gasteiger partial charge in [-0.1, -0.05) is 85.8 Å². The first-order valence-corrected chi connectivity index (χ1v) is 9.32. The van der Waals surface area contributed by atoms with Crippen LogP contribution >= 0.6 is 0 Å². The molecule has 2 nitrogen and oxygen atoms in total. The summed E-state index contributed by atoms with van der Waals surface area (Å²) in [7, 11) is 0. The molecule has 132 valence electrons. The molecule has 0 heterocycles. The summed E-state index contributed by atoms with van der Waals surface area (Å²) in [5.74, 6) is 0.163. The van der Waals surface area contributed by atoms with E-state index in [9.17, 15) is 5.11 Å². The molecule has 3 aromatic carbocycles. The molecule has 1 aliphatic rings. The highest BCUT2D eigenvalue weighted by Crippen LogP contribution is 2.51. The predicted octanol–water partition coefficient (Wildman–Crippen LogP) is 4.57. The molecular weight excluding hydrogens is 318 g/mol. The van der Waals surface area contributed by atoms with Gasteiger partial charge in [-0.3, -0.25) is 5.32 Å². The van der Waals surface area contributed by atoms with Crippen molar-refractivity contribution in [2.45, 2.75) is 25.4 Å². The molecule has 2 N–H and O–H groups in total. The Balaban J connectivity index is 2.00. The van der Waals surface area contributed by atoms with E-state index in [1.54, 1.807) is 0 Å². The van der Waals surface area contributed by atoms with Crippen LogP contribution in [0.15, 0.2) is 78.9 Å². The topological polar surface area (TPSA) is 32.3 Å². The lowest BCUT2D eigenvalue weighted by molar-refractivity contribution is 0.196. The van der Waals surface area contributed by atoms with Gasteiger partial charge in [-0.15, -0.1) is 0 Å². The summed E-state index contributed by atoms with van der Waals surface area (Å²) in [6.45, 7) is 4.42. The molecule has 3 aromatic rings. The zero-order valence-corrected chi connectivity index (χ0v) is 15.3. The van der Waals surface area contributed by atoms with Crippen LogP contribution in [0.5, 0.6) is 0 Å². The summed E-state index contributed by atoms with van der Waals surface area (Å²) >= 11 is 0. The van der Waals surface area contributed by atoms with E-state index in [0.29, 0.717) is 0 Å². The van der Waals surface area contributed by atoms with Gasteiger partial charge in [0.25, 0.3) is 0 Å². The molecule has 2 heteroatoms. The van der Waals surface area contributed by atoms with Crippen LogP contribution in [-0.4, -0.2) is 17.8 Å². The van der Waals surface area contributed by atoms with E-state index in [0.717, 1.165) is 0 Å². The first kappa shape index (κ1) is 17.0. The Hall–Kier alpha value is -2.42.